The number of hydrogen-bond donors (Lipinski definition) is 1. The van der Waals surface area contributed by atoms with Crippen LogP contribution in [0, 0.1) is 12.3 Å². The molecule has 146 valence electrons. The number of amides is 2. The highest BCUT2D eigenvalue weighted by Gasteiger charge is 2.38. The molecule has 2 rings (SSSR count). The molecule has 2 amide bonds. The molecular weight excluding hydrogens is 350 g/mol. The van der Waals surface area contributed by atoms with Gasteiger partial charge in [0.25, 0.3) is 0 Å². The van der Waals surface area contributed by atoms with Gasteiger partial charge in [0.2, 0.25) is 11.8 Å². The number of piperazine rings is 1. The van der Waals surface area contributed by atoms with Gasteiger partial charge in [0, 0.05) is 32.7 Å². The zero-order chi connectivity index (χ0) is 18.4. The van der Waals surface area contributed by atoms with Gasteiger partial charge in [-0.3, -0.25) is 9.59 Å². The van der Waals surface area contributed by atoms with Crippen LogP contribution in [0.1, 0.15) is 37.8 Å². The quantitative estimate of drug-likeness (QED) is 0.822. The Morgan fingerprint density at radius 3 is 1.96 bits per heavy atom. The van der Waals surface area contributed by atoms with Crippen LogP contribution in [-0.2, 0) is 16.0 Å². The lowest BCUT2D eigenvalue weighted by atomic mass is 9.81. The number of rotatable bonds is 6. The highest BCUT2D eigenvalue weighted by atomic mass is 35.5. The van der Waals surface area contributed by atoms with Gasteiger partial charge in [0.1, 0.15) is 0 Å². The molecule has 0 atom stereocenters. The minimum absolute atomic E-state index is 0. The molecule has 1 heterocycles. The maximum atomic E-state index is 12.9. The summed E-state index contributed by atoms with van der Waals surface area (Å²) in [4.78, 5) is 29.1. The zero-order valence-electron chi connectivity index (χ0n) is 16.2. The topological polar surface area (TPSA) is 66.6 Å². The lowest BCUT2D eigenvalue weighted by Crippen LogP contribution is -2.55. The van der Waals surface area contributed by atoms with Gasteiger partial charge >= 0.3 is 0 Å². The Morgan fingerprint density at radius 2 is 1.50 bits per heavy atom. The summed E-state index contributed by atoms with van der Waals surface area (Å²) in [5.74, 6) is 0.276. The summed E-state index contributed by atoms with van der Waals surface area (Å²) in [6.07, 6.45) is 1.93. The number of nitrogens with two attached hydrogens (primary N) is 1. The number of carbonyl (C=O) groups is 2. The molecule has 0 bridgehead atoms. The number of hydrogen-bond acceptors (Lipinski definition) is 3. The van der Waals surface area contributed by atoms with Crippen molar-refractivity contribution < 1.29 is 9.59 Å². The second kappa shape index (κ2) is 9.93. The van der Waals surface area contributed by atoms with E-state index in [0.717, 1.165) is 18.4 Å². The van der Waals surface area contributed by atoms with Gasteiger partial charge in [-0.1, -0.05) is 43.7 Å². The molecule has 1 aromatic rings. The molecule has 0 spiro atoms. The van der Waals surface area contributed by atoms with Crippen LogP contribution in [0.4, 0.5) is 0 Å². The van der Waals surface area contributed by atoms with Crippen LogP contribution in [0.15, 0.2) is 24.3 Å². The van der Waals surface area contributed by atoms with Crippen LogP contribution in [0.2, 0.25) is 0 Å². The predicted molar refractivity (Wildman–Crippen MR) is 107 cm³/mol. The van der Waals surface area contributed by atoms with Gasteiger partial charge in [-0.15, -0.1) is 12.4 Å². The summed E-state index contributed by atoms with van der Waals surface area (Å²) in [7, 11) is 0. The van der Waals surface area contributed by atoms with Crippen LogP contribution in [0.3, 0.4) is 0 Å². The van der Waals surface area contributed by atoms with Gasteiger partial charge in [0.05, 0.1) is 11.8 Å². The monoisotopic (exact) mass is 381 g/mol. The molecule has 1 aromatic carbocycles. The molecule has 0 aliphatic carbocycles. The Bertz CT molecular complexity index is 583. The molecule has 26 heavy (non-hydrogen) atoms. The molecule has 1 saturated heterocycles. The van der Waals surface area contributed by atoms with Crippen LogP contribution >= 0.6 is 12.4 Å². The molecule has 1 fully saturated rings. The summed E-state index contributed by atoms with van der Waals surface area (Å²) >= 11 is 0. The minimum Gasteiger partial charge on any atom is -0.339 e. The number of nitrogens with zero attached hydrogens (tertiary/aromatic N) is 2. The fraction of sp³-hybridized carbons (Fsp3) is 0.600. The first-order valence-electron chi connectivity index (χ1n) is 9.28. The molecule has 0 radical (unpaired) electrons. The van der Waals surface area contributed by atoms with Crippen LogP contribution < -0.4 is 5.73 Å². The maximum absolute atomic E-state index is 12.9. The van der Waals surface area contributed by atoms with E-state index in [2.05, 4.69) is 0 Å². The van der Waals surface area contributed by atoms with Gasteiger partial charge in [-0.2, -0.15) is 0 Å². The highest BCUT2D eigenvalue weighted by Crippen LogP contribution is 2.28. The number of benzene rings is 1. The Hall–Kier alpha value is -1.59. The predicted octanol–water partition coefficient (Wildman–Crippen LogP) is 2.40. The first kappa shape index (κ1) is 22.5. The summed E-state index contributed by atoms with van der Waals surface area (Å²) in [6, 6.07) is 8.07. The van der Waals surface area contributed by atoms with Crippen molar-refractivity contribution in [2.24, 2.45) is 11.1 Å². The molecule has 0 aromatic heterocycles. The van der Waals surface area contributed by atoms with E-state index in [-0.39, 0.29) is 24.2 Å². The van der Waals surface area contributed by atoms with E-state index < -0.39 is 5.41 Å². The Labute approximate surface area is 163 Å². The second-order valence-electron chi connectivity index (χ2n) is 7.03. The third-order valence-electron chi connectivity index (χ3n) is 5.59. The standard InChI is InChI=1S/C20H31N3O2.ClH/c1-4-20(5-2,15-21)19(25)23-12-10-22(11-13-23)18(24)14-17-8-6-16(3)7-9-17;/h6-9H,4-5,10-15,21H2,1-3H3;1H. The normalized spacial score (nSPS) is 14.8. The summed E-state index contributed by atoms with van der Waals surface area (Å²) in [5, 5.41) is 0. The molecule has 1 aliphatic rings. The average Bonchev–Trinajstić information content (AvgIpc) is 2.65. The number of carbonyl (C=O) groups excluding carboxylic acids is 2. The fourth-order valence-electron chi connectivity index (χ4n) is 3.42. The number of aryl methyl sites for hydroxylation is 1. The SMILES string of the molecule is CCC(CC)(CN)C(=O)N1CCN(C(=O)Cc2ccc(C)cc2)CC1.Cl. The van der Waals surface area contributed by atoms with Crippen molar-refractivity contribution in [3.05, 3.63) is 35.4 Å². The first-order valence-corrected chi connectivity index (χ1v) is 9.28. The van der Waals surface area contributed by atoms with Gasteiger partial charge in [-0.25, -0.2) is 0 Å². The number of halogens is 1. The summed E-state index contributed by atoms with van der Waals surface area (Å²) in [6.45, 7) is 8.86. The molecule has 1 aliphatic heterocycles. The Kier molecular flexibility index (Phi) is 8.57. The summed E-state index contributed by atoms with van der Waals surface area (Å²) < 4.78 is 0. The molecule has 5 nitrogen and oxygen atoms in total. The molecule has 6 heteroatoms. The van der Waals surface area contributed by atoms with Crippen molar-refractivity contribution in [3.63, 3.8) is 0 Å². The van der Waals surface area contributed by atoms with E-state index in [1.807, 2.05) is 54.8 Å². The molecule has 2 N–H and O–H groups in total. The fourth-order valence-corrected chi connectivity index (χ4v) is 3.42. The maximum Gasteiger partial charge on any atom is 0.230 e. The van der Waals surface area contributed by atoms with Crippen LogP contribution in [-0.4, -0.2) is 54.3 Å². The van der Waals surface area contributed by atoms with Gasteiger partial charge < -0.3 is 15.5 Å². The van der Waals surface area contributed by atoms with Crippen molar-refractivity contribution >= 4 is 24.2 Å². The third kappa shape index (κ3) is 4.98. The van der Waals surface area contributed by atoms with E-state index in [1.54, 1.807) is 0 Å². The lowest BCUT2D eigenvalue weighted by Gasteiger charge is -2.40. The smallest absolute Gasteiger partial charge is 0.230 e. The van der Waals surface area contributed by atoms with Crippen LogP contribution in [0.25, 0.3) is 0 Å². The second-order valence-corrected chi connectivity index (χ2v) is 7.03. The molecular formula is C20H32ClN3O2. The third-order valence-corrected chi connectivity index (χ3v) is 5.59. The van der Waals surface area contributed by atoms with Gasteiger partial charge in [0.15, 0.2) is 0 Å². The average molecular weight is 382 g/mol. The van der Waals surface area contributed by atoms with E-state index in [4.69, 9.17) is 5.73 Å². The highest BCUT2D eigenvalue weighted by molar-refractivity contribution is 5.85. The van der Waals surface area contributed by atoms with Gasteiger partial charge in [-0.05, 0) is 25.3 Å². The zero-order valence-corrected chi connectivity index (χ0v) is 17.0. The van der Waals surface area contributed by atoms with Crippen LogP contribution in [0.5, 0.6) is 0 Å². The van der Waals surface area contributed by atoms with Crippen molar-refractivity contribution in [1.29, 1.82) is 0 Å². The molecule has 0 saturated carbocycles. The minimum atomic E-state index is -0.450. The van der Waals surface area contributed by atoms with Crippen molar-refractivity contribution in [3.8, 4) is 0 Å². The Balaban J connectivity index is 0.00000338. The van der Waals surface area contributed by atoms with Crippen molar-refractivity contribution in [2.45, 2.75) is 40.0 Å². The van der Waals surface area contributed by atoms with E-state index in [0.29, 0.717) is 39.1 Å². The van der Waals surface area contributed by atoms with Crippen molar-refractivity contribution in [2.75, 3.05) is 32.7 Å². The van der Waals surface area contributed by atoms with E-state index in [1.165, 1.54) is 5.56 Å². The van der Waals surface area contributed by atoms with E-state index in [9.17, 15) is 9.59 Å². The lowest BCUT2D eigenvalue weighted by molar-refractivity contribution is -0.147. The first-order chi connectivity index (χ1) is 12.0. The summed E-state index contributed by atoms with van der Waals surface area (Å²) in [5.41, 5.74) is 7.67. The molecule has 0 unspecified atom stereocenters. The largest absolute Gasteiger partial charge is 0.339 e. The van der Waals surface area contributed by atoms with Crippen molar-refractivity contribution in [1.82, 2.24) is 9.80 Å². The van der Waals surface area contributed by atoms with E-state index >= 15 is 0 Å². The Morgan fingerprint density at radius 1 is 1.00 bits per heavy atom.